The monoisotopic (exact) mass is 306 g/mol. The van der Waals surface area contributed by atoms with Gasteiger partial charge in [-0.05, 0) is 0 Å². The highest BCUT2D eigenvalue weighted by molar-refractivity contribution is 7.78. The van der Waals surface area contributed by atoms with Crippen LogP contribution in [-0.2, 0) is 0 Å². The number of carbonyl (C=O) groups is 1. The molecule has 2 amide bonds. The van der Waals surface area contributed by atoms with Crippen molar-refractivity contribution in [2.45, 2.75) is 12.6 Å². The number of carbonyl (C=O) groups excluding carboxylic acids is 1. The van der Waals surface area contributed by atoms with Gasteiger partial charge in [-0.25, -0.2) is 18.8 Å². The fourth-order valence-electron chi connectivity index (χ4n) is 1.85. The van der Waals surface area contributed by atoms with E-state index in [0.29, 0.717) is 9.68 Å². The first-order chi connectivity index (χ1) is 9.91. The Morgan fingerprint density at radius 3 is 2.90 bits per heavy atom. The maximum atomic E-state index is 11.9. The van der Waals surface area contributed by atoms with Gasteiger partial charge < -0.3 is 0 Å². The lowest BCUT2D eigenvalue weighted by Crippen LogP contribution is -2.42. The molecule has 11 heteroatoms. The highest BCUT2D eigenvalue weighted by atomic mass is 32.1. The summed E-state index contributed by atoms with van der Waals surface area (Å²) < 4.78 is 1.55. The second-order valence-electron chi connectivity index (χ2n) is 4.34. The molecule has 0 bridgehead atoms. The van der Waals surface area contributed by atoms with Gasteiger partial charge in [0, 0.05) is 11.9 Å². The van der Waals surface area contributed by atoms with Crippen molar-refractivity contribution in [1.82, 2.24) is 8.96 Å². The van der Waals surface area contributed by atoms with Crippen LogP contribution in [0.15, 0.2) is 35.7 Å². The lowest BCUT2D eigenvalue weighted by molar-refractivity contribution is -0.543. The van der Waals surface area contributed by atoms with Crippen LogP contribution in [0.2, 0.25) is 0 Å². The SMILES string of the molecule is CC12N=CN=CC1=NC(=O)[N+]2=Nc1cc(=O)n(S)c(=O)[nH]1. The van der Waals surface area contributed by atoms with Crippen molar-refractivity contribution < 1.29 is 9.49 Å². The third kappa shape index (κ3) is 1.98. The van der Waals surface area contributed by atoms with E-state index in [4.69, 9.17) is 0 Å². The van der Waals surface area contributed by atoms with Gasteiger partial charge in [-0.2, -0.15) is 4.79 Å². The number of hydrogen-bond acceptors (Lipinski definition) is 7. The number of H-pyrrole nitrogens is 1. The summed E-state index contributed by atoms with van der Waals surface area (Å²) in [6, 6.07) is 0.359. The molecule has 0 spiro atoms. The first-order valence-corrected chi connectivity index (χ1v) is 6.09. The van der Waals surface area contributed by atoms with E-state index in [1.54, 1.807) is 6.92 Å². The Balaban J connectivity index is 2.15. The van der Waals surface area contributed by atoms with Crippen LogP contribution in [-0.4, -0.2) is 43.6 Å². The molecule has 0 aliphatic carbocycles. The van der Waals surface area contributed by atoms with Gasteiger partial charge in [0.05, 0.1) is 12.3 Å². The molecule has 1 atom stereocenters. The van der Waals surface area contributed by atoms with Crippen LogP contribution in [0.1, 0.15) is 6.92 Å². The molecule has 0 radical (unpaired) electrons. The summed E-state index contributed by atoms with van der Waals surface area (Å²) in [5.74, 6) is -0.0981. The molecule has 1 N–H and O–H groups in total. The molecular weight excluding hydrogens is 298 g/mol. The molecule has 0 fully saturated rings. The third-order valence-electron chi connectivity index (χ3n) is 2.97. The number of thiol groups is 1. The van der Waals surface area contributed by atoms with Crippen LogP contribution >= 0.6 is 12.8 Å². The van der Waals surface area contributed by atoms with E-state index < -0.39 is 22.9 Å². The summed E-state index contributed by atoms with van der Waals surface area (Å²) in [6.45, 7) is 1.61. The maximum Gasteiger partial charge on any atom is 0.563 e. The number of nitrogens with zero attached hydrogens (tertiary/aromatic N) is 6. The molecule has 1 aromatic heterocycles. The number of urea groups is 1. The second kappa shape index (κ2) is 4.41. The molecule has 2 aliphatic heterocycles. The van der Waals surface area contributed by atoms with Crippen molar-refractivity contribution in [3.05, 3.63) is 26.9 Å². The fraction of sp³-hybridized carbons (Fsp3) is 0.200. The predicted octanol–water partition coefficient (Wildman–Crippen LogP) is -0.271. The van der Waals surface area contributed by atoms with E-state index in [0.717, 1.165) is 10.8 Å². The highest BCUT2D eigenvalue weighted by Gasteiger charge is 2.54. The third-order valence-corrected chi connectivity index (χ3v) is 3.35. The van der Waals surface area contributed by atoms with Crippen LogP contribution in [0.4, 0.5) is 10.6 Å². The number of aromatic nitrogens is 2. The molecule has 3 rings (SSSR count). The fourth-order valence-corrected chi connectivity index (χ4v) is 1.96. The predicted molar refractivity (Wildman–Crippen MR) is 76.3 cm³/mol. The number of aliphatic imine (C=N–C) groups is 3. The van der Waals surface area contributed by atoms with Crippen LogP contribution < -0.4 is 11.2 Å². The topological polar surface area (TPSA) is 124 Å². The molecule has 3 heterocycles. The van der Waals surface area contributed by atoms with E-state index in [1.165, 1.54) is 12.6 Å². The van der Waals surface area contributed by atoms with Crippen LogP contribution in [0.5, 0.6) is 0 Å². The van der Waals surface area contributed by atoms with E-state index in [2.05, 4.69) is 37.9 Å². The standard InChI is InChI=1S/C10H7N7O3S/c1-10-5(3-11-4-12-10)13-9(20)17(10)15-6-2-7(18)16(21)8(19)14-6/h2-4,21H,1H3/p+1. The minimum absolute atomic E-state index is 0.0981. The lowest BCUT2D eigenvalue weighted by atomic mass is 10.1. The van der Waals surface area contributed by atoms with Crippen LogP contribution in [0.3, 0.4) is 0 Å². The summed E-state index contributed by atoms with van der Waals surface area (Å²) in [7, 11) is 0. The van der Waals surface area contributed by atoms with Crippen molar-refractivity contribution in [3.8, 4) is 0 Å². The maximum absolute atomic E-state index is 11.9. The molecule has 10 nitrogen and oxygen atoms in total. The van der Waals surface area contributed by atoms with Gasteiger partial charge in [-0.1, -0.05) is 22.6 Å². The van der Waals surface area contributed by atoms with Gasteiger partial charge in [-0.3, -0.25) is 9.78 Å². The Morgan fingerprint density at radius 1 is 1.43 bits per heavy atom. The average Bonchev–Trinajstić information content (AvgIpc) is 2.68. The number of rotatable bonds is 1. The van der Waals surface area contributed by atoms with Gasteiger partial charge in [-0.15, -0.1) is 0 Å². The zero-order valence-electron chi connectivity index (χ0n) is 10.6. The molecular formula is C10H8N7O3S+. The van der Waals surface area contributed by atoms with Crippen LogP contribution in [0, 0.1) is 0 Å². The zero-order valence-corrected chi connectivity index (χ0v) is 11.5. The number of fused-ring (bicyclic) bond motifs is 1. The first-order valence-electron chi connectivity index (χ1n) is 5.69. The minimum atomic E-state index is -1.15. The molecule has 0 saturated heterocycles. The van der Waals surface area contributed by atoms with Crippen molar-refractivity contribution in [2.75, 3.05) is 0 Å². The molecule has 106 valence electrons. The summed E-state index contributed by atoms with van der Waals surface area (Å²) in [6.07, 6.45) is 2.67. The van der Waals surface area contributed by atoms with Crippen molar-refractivity contribution >= 4 is 42.9 Å². The van der Waals surface area contributed by atoms with E-state index in [1.807, 2.05) is 0 Å². The van der Waals surface area contributed by atoms with E-state index in [-0.39, 0.29) is 5.82 Å². The summed E-state index contributed by atoms with van der Waals surface area (Å²) in [4.78, 5) is 48.8. The normalized spacial score (nSPS) is 25.3. The summed E-state index contributed by atoms with van der Waals surface area (Å²) in [5, 5.41) is 3.95. The second-order valence-corrected chi connectivity index (χ2v) is 4.74. The van der Waals surface area contributed by atoms with Crippen molar-refractivity contribution in [1.29, 1.82) is 0 Å². The lowest BCUT2D eigenvalue weighted by Gasteiger charge is -2.14. The van der Waals surface area contributed by atoms with E-state index >= 15 is 0 Å². The largest absolute Gasteiger partial charge is 0.563 e. The van der Waals surface area contributed by atoms with Gasteiger partial charge in [0.15, 0.2) is 5.82 Å². The molecule has 21 heavy (non-hydrogen) atoms. The molecule has 2 aliphatic rings. The number of hydrogen-bond donors (Lipinski definition) is 2. The number of nitrogens with one attached hydrogen (secondary N) is 1. The van der Waals surface area contributed by atoms with Crippen LogP contribution in [0.25, 0.3) is 0 Å². The smallest absolute Gasteiger partial charge is 0.288 e. The average molecular weight is 306 g/mol. The zero-order chi connectivity index (χ0) is 15.2. The number of azo groups is 2. The highest BCUT2D eigenvalue weighted by Crippen LogP contribution is 2.25. The van der Waals surface area contributed by atoms with Gasteiger partial charge in [0.2, 0.25) is 5.71 Å². The van der Waals surface area contributed by atoms with Crippen molar-refractivity contribution in [3.63, 3.8) is 0 Å². The molecule has 0 aromatic carbocycles. The number of aromatic amines is 1. The van der Waals surface area contributed by atoms with E-state index in [9.17, 15) is 14.4 Å². The summed E-state index contributed by atoms with van der Waals surface area (Å²) in [5.41, 5.74) is -2.27. The Labute approximate surface area is 121 Å². The Bertz CT molecular complexity index is 859. The van der Waals surface area contributed by atoms with Gasteiger partial charge >= 0.3 is 11.7 Å². The molecule has 1 aromatic rings. The minimum Gasteiger partial charge on any atom is -0.288 e. The Kier molecular flexibility index (Phi) is 2.79. The molecule has 0 saturated carbocycles. The van der Waals surface area contributed by atoms with Gasteiger partial charge in [0.25, 0.3) is 11.2 Å². The summed E-state index contributed by atoms with van der Waals surface area (Å²) >= 11 is 3.69. The Hall–Kier alpha value is -2.69. The Morgan fingerprint density at radius 2 is 2.19 bits per heavy atom. The first kappa shape index (κ1) is 13.3. The quantitative estimate of drug-likeness (QED) is 0.548. The number of amides is 2. The van der Waals surface area contributed by atoms with Crippen molar-refractivity contribution in [2.24, 2.45) is 20.1 Å². The molecule has 1 unspecified atom stereocenters. The van der Waals surface area contributed by atoms with Gasteiger partial charge in [0.1, 0.15) is 6.34 Å².